The minimum Gasteiger partial charge on any atom is -0.346 e. The predicted octanol–water partition coefficient (Wildman–Crippen LogP) is 5.48. The van der Waals surface area contributed by atoms with Gasteiger partial charge in [0.05, 0.1) is 6.04 Å². The molecule has 146 valence electrons. The maximum Gasteiger partial charge on any atom is 0.251 e. The van der Waals surface area contributed by atoms with E-state index in [4.69, 9.17) is 11.6 Å². The molecule has 1 atom stereocenters. The van der Waals surface area contributed by atoms with Gasteiger partial charge in [0.15, 0.2) is 0 Å². The van der Waals surface area contributed by atoms with Gasteiger partial charge in [0.25, 0.3) is 5.91 Å². The molecule has 29 heavy (non-hydrogen) atoms. The van der Waals surface area contributed by atoms with Gasteiger partial charge in [-0.3, -0.25) is 9.59 Å². The summed E-state index contributed by atoms with van der Waals surface area (Å²) in [6.07, 6.45) is 3.16. The lowest BCUT2D eigenvalue weighted by Gasteiger charge is -2.14. The van der Waals surface area contributed by atoms with E-state index in [1.807, 2.05) is 49.4 Å². The Bertz CT molecular complexity index is 997. The van der Waals surface area contributed by atoms with Crippen molar-refractivity contribution in [2.75, 3.05) is 5.32 Å². The fourth-order valence-corrected chi connectivity index (χ4v) is 2.87. The summed E-state index contributed by atoms with van der Waals surface area (Å²) in [4.78, 5) is 24.5. The highest BCUT2D eigenvalue weighted by Gasteiger charge is 2.11. The summed E-state index contributed by atoms with van der Waals surface area (Å²) in [5, 5.41) is 6.39. The standard InChI is InChI=1S/C24H21ClN2O2/c1-17(19-5-3-2-4-6-19)26-24(29)20-10-14-22(15-11-20)27-23(28)16-9-18-7-12-21(25)13-8-18/h2-17H,1H3,(H,26,29)(H,27,28)/b16-9+. The lowest BCUT2D eigenvalue weighted by molar-refractivity contribution is -0.111. The number of carbonyl (C=O) groups excluding carboxylic acids is 2. The first kappa shape index (κ1) is 20.4. The molecule has 4 nitrogen and oxygen atoms in total. The molecule has 2 N–H and O–H groups in total. The highest BCUT2D eigenvalue weighted by molar-refractivity contribution is 6.30. The average Bonchev–Trinajstić information content (AvgIpc) is 2.74. The Hall–Kier alpha value is -3.37. The van der Waals surface area contributed by atoms with Crippen molar-refractivity contribution in [1.29, 1.82) is 0 Å². The summed E-state index contributed by atoms with van der Waals surface area (Å²) in [5.41, 5.74) is 3.06. The third-order valence-corrected chi connectivity index (χ3v) is 4.61. The van der Waals surface area contributed by atoms with Crippen LogP contribution in [0.25, 0.3) is 6.08 Å². The Morgan fingerprint density at radius 1 is 0.897 bits per heavy atom. The Morgan fingerprint density at radius 2 is 1.55 bits per heavy atom. The van der Waals surface area contributed by atoms with E-state index in [-0.39, 0.29) is 17.9 Å². The van der Waals surface area contributed by atoms with Crippen molar-refractivity contribution in [1.82, 2.24) is 5.32 Å². The van der Waals surface area contributed by atoms with Crippen molar-refractivity contribution in [2.45, 2.75) is 13.0 Å². The number of benzene rings is 3. The van der Waals surface area contributed by atoms with Crippen LogP contribution in [0.2, 0.25) is 5.02 Å². The van der Waals surface area contributed by atoms with Crippen LogP contribution in [0.3, 0.4) is 0 Å². The number of carbonyl (C=O) groups is 2. The van der Waals surface area contributed by atoms with E-state index in [0.717, 1.165) is 11.1 Å². The Morgan fingerprint density at radius 3 is 2.21 bits per heavy atom. The van der Waals surface area contributed by atoms with E-state index in [1.165, 1.54) is 6.08 Å². The molecule has 3 aromatic rings. The van der Waals surface area contributed by atoms with E-state index < -0.39 is 0 Å². The van der Waals surface area contributed by atoms with Crippen LogP contribution in [0, 0.1) is 0 Å². The summed E-state index contributed by atoms with van der Waals surface area (Å²) in [7, 11) is 0. The molecular formula is C24H21ClN2O2. The zero-order valence-corrected chi connectivity index (χ0v) is 16.7. The number of amides is 2. The third-order valence-electron chi connectivity index (χ3n) is 4.36. The summed E-state index contributed by atoms with van der Waals surface area (Å²) in [6, 6.07) is 23.6. The van der Waals surface area contributed by atoms with E-state index in [1.54, 1.807) is 42.5 Å². The zero-order valence-electron chi connectivity index (χ0n) is 15.9. The Labute approximate surface area is 175 Å². The van der Waals surface area contributed by atoms with E-state index >= 15 is 0 Å². The minimum absolute atomic E-state index is 0.0962. The third kappa shape index (κ3) is 6.06. The molecule has 3 rings (SSSR count). The van der Waals surface area contributed by atoms with Crippen molar-refractivity contribution in [3.8, 4) is 0 Å². The van der Waals surface area contributed by atoms with Crippen molar-refractivity contribution in [3.63, 3.8) is 0 Å². The van der Waals surface area contributed by atoms with Gasteiger partial charge in [-0.15, -0.1) is 0 Å². The molecule has 0 spiro atoms. The van der Waals surface area contributed by atoms with Crippen LogP contribution in [0.15, 0.2) is 84.9 Å². The number of rotatable bonds is 6. The average molecular weight is 405 g/mol. The Balaban J connectivity index is 1.56. The molecule has 0 saturated heterocycles. The van der Waals surface area contributed by atoms with Crippen LogP contribution in [0.4, 0.5) is 5.69 Å². The smallest absolute Gasteiger partial charge is 0.251 e. The monoisotopic (exact) mass is 404 g/mol. The molecule has 0 aliphatic carbocycles. The number of halogens is 1. The lowest BCUT2D eigenvalue weighted by Crippen LogP contribution is -2.26. The largest absolute Gasteiger partial charge is 0.346 e. The fraction of sp³-hybridized carbons (Fsp3) is 0.0833. The van der Waals surface area contributed by atoms with Gasteiger partial charge in [-0.25, -0.2) is 0 Å². The van der Waals surface area contributed by atoms with Gasteiger partial charge in [0.1, 0.15) is 0 Å². The normalized spacial score (nSPS) is 11.8. The minimum atomic E-state index is -0.255. The number of hydrogen-bond donors (Lipinski definition) is 2. The van der Waals surface area contributed by atoms with Crippen LogP contribution < -0.4 is 10.6 Å². The van der Waals surface area contributed by atoms with Crippen molar-refractivity contribution >= 4 is 35.2 Å². The van der Waals surface area contributed by atoms with Crippen LogP contribution in [-0.2, 0) is 4.79 Å². The van der Waals surface area contributed by atoms with E-state index in [0.29, 0.717) is 16.3 Å². The van der Waals surface area contributed by atoms with E-state index in [2.05, 4.69) is 10.6 Å². The van der Waals surface area contributed by atoms with Crippen LogP contribution in [0.1, 0.15) is 34.5 Å². The number of anilines is 1. The molecule has 0 saturated carbocycles. The summed E-state index contributed by atoms with van der Waals surface area (Å²) in [6.45, 7) is 1.94. The van der Waals surface area contributed by atoms with Gasteiger partial charge in [0, 0.05) is 22.3 Å². The van der Waals surface area contributed by atoms with Crippen LogP contribution >= 0.6 is 11.6 Å². The summed E-state index contributed by atoms with van der Waals surface area (Å²) < 4.78 is 0. The maximum absolute atomic E-state index is 12.4. The van der Waals surface area contributed by atoms with Crippen molar-refractivity contribution in [3.05, 3.63) is 107 Å². The van der Waals surface area contributed by atoms with E-state index in [9.17, 15) is 9.59 Å². The second-order valence-corrected chi connectivity index (χ2v) is 6.99. The number of hydrogen-bond acceptors (Lipinski definition) is 2. The lowest BCUT2D eigenvalue weighted by atomic mass is 10.1. The highest BCUT2D eigenvalue weighted by atomic mass is 35.5. The molecule has 0 aliphatic rings. The molecule has 1 unspecified atom stereocenters. The molecule has 2 amide bonds. The van der Waals surface area contributed by atoms with Crippen LogP contribution in [-0.4, -0.2) is 11.8 Å². The molecule has 0 radical (unpaired) electrons. The van der Waals surface area contributed by atoms with Gasteiger partial charge >= 0.3 is 0 Å². The van der Waals surface area contributed by atoms with Crippen molar-refractivity contribution < 1.29 is 9.59 Å². The highest BCUT2D eigenvalue weighted by Crippen LogP contribution is 2.15. The first-order chi connectivity index (χ1) is 14.0. The van der Waals surface area contributed by atoms with Crippen LogP contribution in [0.5, 0.6) is 0 Å². The SMILES string of the molecule is CC(NC(=O)c1ccc(NC(=O)/C=C/c2ccc(Cl)cc2)cc1)c1ccccc1. The first-order valence-electron chi connectivity index (χ1n) is 9.22. The van der Waals surface area contributed by atoms with Gasteiger partial charge < -0.3 is 10.6 Å². The second-order valence-electron chi connectivity index (χ2n) is 6.56. The van der Waals surface area contributed by atoms with Gasteiger partial charge in [-0.2, -0.15) is 0 Å². The molecule has 0 aliphatic heterocycles. The molecule has 5 heteroatoms. The molecular weight excluding hydrogens is 384 g/mol. The molecule has 0 fully saturated rings. The Kier molecular flexibility index (Phi) is 6.82. The number of nitrogens with one attached hydrogen (secondary N) is 2. The second kappa shape index (κ2) is 9.71. The zero-order chi connectivity index (χ0) is 20.6. The van der Waals surface area contributed by atoms with Gasteiger partial charge in [-0.1, -0.05) is 54.1 Å². The molecule has 0 bridgehead atoms. The molecule has 0 aromatic heterocycles. The van der Waals surface area contributed by atoms with Gasteiger partial charge in [0.2, 0.25) is 5.91 Å². The predicted molar refractivity (Wildman–Crippen MR) is 118 cm³/mol. The summed E-state index contributed by atoms with van der Waals surface area (Å²) in [5.74, 6) is -0.420. The maximum atomic E-state index is 12.4. The topological polar surface area (TPSA) is 58.2 Å². The molecule has 3 aromatic carbocycles. The summed E-state index contributed by atoms with van der Waals surface area (Å²) >= 11 is 5.84. The van der Waals surface area contributed by atoms with Crippen molar-refractivity contribution in [2.24, 2.45) is 0 Å². The fourth-order valence-electron chi connectivity index (χ4n) is 2.74. The first-order valence-corrected chi connectivity index (χ1v) is 9.59. The van der Waals surface area contributed by atoms with Gasteiger partial charge in [-0.05, 0) is 60.5 Å². The quantitative estimate of drug-likeness (QED) is 0.534. The molecule has 0 heterocycles.